The van der Waals surface area contributed by atoms with Crippen LogP contribution in [0, 0.1) is 5.41 Å². The number of carbonyl (C=O) groups is 1. The van der Waals surface area contributed by atoms with Crippen LogP contribution < -0.4 is 5.73 Å². The Balaban J connectivity index is 2.03. The molecule has 2 N–H and O–H groups in total. The fraction of sp³-hybridized carbons (Fsp3) is 0.917. The van der Waals surface area contributed by atoms with Gasteiger partial charge >= 0.3 is 0 Å². The molecule has 1 aliphatic heterocycles. The summed E-state index contributed by atoms with van der Waals surface area (Å²) in [4.78, 5) is 14.5. The molecule has 1 aliphatic carbocycles. The first kappa shape index (κ1) is 11.9. The highest BCUT2D eigenvalue weighted by atomic mass is 16.5. The molecule has 1 amide bonds. The molecule has 92 valence electrons. The number of carbonyl (C=O) groups excluding carboxylic acids is 1. The van der Waals surface area contributed by atoms with Crippen LogP contribution >= 0.6 is 0 Å². The van der Waals surface area contributed by atoms with Crippen molar-refractivity contribution < 1.29 is 9.53 Å². The fourth-order valence-electron chi connectivity index (χ4n) is 2.84. The number of hydrogen-bond acceptors (Lipinski definition) is 3. The van der Waals surface area contributed by atoms with Gasteiger partial charge < -0.3 is 15.4 Å². The van der Waals surface area contributed by atoms with Gasteiger partial charge in [-0.1, -0.05) is 12.8 Å². The van der Waals surface area contributed by atoms with Crippen molar-refractivity contribution in [2.75, 3.05) is 32.8 Å². The van der Waals surface area contributed by atoms with E-state index in [4.69, 9.17) is 10.5 Å². The van der Waals surface area contributed by atoms with E-state index >= 15 is 0 Å². The molecule has 0 aromatic carbocycles. The highest BCUT2D eigenvalue weighted by Gasteiger charge is 2.42. The van der Waals surface area contributed by atoms with Crippen LogP contribution in [0.4, 0.5) is 0 Å². The van der Waals surface area contributed by atoms with Gasteiger partial charge in [-0.25, -0.2) is 0 Å². The van der Waals surface area contributed by atoms with Crippen LogP contribution in [0.1, 0.15) is 32.1 Å². The van der Waals surface area contributed by atoms with Gasteiger partial charge in [-0.05, 0) is 19.3 Å². The third kappa shape index (κ3) is 2.23. The Labute approximate surface area is 97.1 Å². The van der Waals surface area contributed by atoms with E-state index in [9.17, 15) is 4.79 Å². The first-order chi connectivity index (χ1) is 7.78. The van der Waals surface area contributed by atoms with Gasteiger partial charge in [-0.2, -0.15) is 0 Å². The van der Waals surface area contributed by atoms with Gasteiger partial charge in [0.2, 0.25) is 5.91 Å². The Bertz CT molecular complexity index is 241. The van der Waals surface area contributed by atoms with Crippen LogP contribution in [0.2, 0.25) is 0 Å². The quantitative estimate of drug-likeness (QED) is 0.756. The number of nitrogens with zero attached hydrogens (tertiary/aromatic N) is 1. The predicted molar refractivity (Wildman–Crippen MR) is 62.0 cm³/mol. The van der Waals surface area contributed by atoms with E-state index in [1.54, 1.807) is 0 Å². The SMILES string of the molecule is NCC1(C(=O)N2CCCOCC2)CCCC1. The second-order valence-electron chi connectivity index (χ2n) is 4.95. The minimum absolute atomic E-state index is 0.246. The maximum atomic E-state index is 12.5. The molecule has 0 radical (unpaired) electrons. The van der Waals surface area contributed by atoms with E-state index in [2.05, 4.69) is 0 Å². The summed E-state index contributed by atoms with van der Waals surface area (Å²) in [7, 11) is 0. The zero-order valence-electron chi connectivity index (χ0n) is 9.91. The molecule has 2 rings (SSSR count). The van der Waals surface area contributed by atoms with Crippen molar-refractivity contribution in [1.29, 1.82) is 0 Å². The van der Waals surface area contributed by atoms with Crippen molar-refractivity contribution in [1.82, 2.24) is 4.90 Å². The van der Waals surface area contributed by atoms with Crippen molar-refractivity contribution in [3.05, 3.63) is 0 Å². The Hall–Kier alpha value is -0.610. The molecule has 0 atom stereocenters. The molecule has 4 nitrogen and oxygen atoms in total. The summed E-state index contributed by atoms with van der Waals surface area (Å²) in [6, 6.07) is 0. The summed E-state index contributed by atoms with van der Waals surface area (Å²) in [5, 5.41) is 0. The normalized spacial score (nSPS) is 25.4. The average Bonchev–Trinajstić information content (AvgIpc) is 2.64. The van der Waals surface area contributed by atoms with Crippen LogP contribution in [0.5, 0.6) is 0 Å². The smallest absolute Gasteiger partial charge is 0.230 e. The van der Waals surface area contributed by atoms with E-state index in [1.807, 2.05) is 4.90 Å². The summed E-state index contributed by atoms with van der Waals surface area (Å²) in [6.45, 7) is 3.52. The second kappa shape index (κ2) is 5.15. The summed E-state index contributed by atoms with van der Waals surface area (Å²) < 4.78 is 5.38. The second-order valence-corrected chi connectivity index (χ2v) is 4.95. The molecular formula is C12H22N2O2. The third-order valence-corrected chi connectivity index (χ3v) is 3.91. The molecule has 0 aromatic heterocycles. The molecule has 0 aromatic rings. The van der Waals surface area contributed by atoms with Crippen LogP contribution in [0.3, 0.4) is 0 Å². The highest BCUT2D eigenvalue weighted by molar-refractivity contribution is 5.83. The van der Waals surface area contributed by atoms with Gasteiger partial charge in [0, 0.05) is 26.2 Å². The molecule has 1 heterocycles. The van der Waals surface area contributed by atoms with Gasteiger partial charge in [0.05, 0.1) is 12.0 Å². The summed E-state index contributed by atoms with van der Waals surface area (Å²) in [5.74, 6) is 0.276. The minimum atomic E-state index is -0.246. The molecular weight excluding hydrogens is 204 g/mol. The summed E-state index contributed by atoms with van der Waals surface area (Å²) in [6.07, 6.45) is 5.19. The third-order valence-electron chi connectivity index (χ3n) is 3.91. The zero-order valence-corrected chi connectivity index (χ0v) is 9.91. The Morgan fingerprint density at radius 1 is 1.19 bits per heavy atom. The summed E-state index contributed by atoms with van der Waals surface area (Å²) >= 11 is 0. The van der Waals surface area contributed by atoms with E-state index in [0.29, 0.717) is 13.2 Å². The maximum absolute atomic E-state index is 12.5. The number of rotatable bonds is 2. The lowest BCUT2D eigenvalue weighted by Crippen LogP contribution is -2.47. The van der Waals surface area contributed by atoms with Crippen LogP contribution in [0.25, 0.3) is 0 Å². The zero-order chi connectivity index (χ0) is 11.4. The van der Waals surface area contributed by atoms with Crippen molar-refractivity contribution >= 4 is 5.91 Å². The first-order valence-electron chi connectivity index (χ1n) is 6.36. The molecule has 2 fully saturated rings. The topological polar surface area (TPSA) is 55.6 Å². The number of hydrogen-bond donors (Lipinski definition) is 1. The van der Waals surface area contributed by atoms with Crippen molar-refractivity contribution in [3.63, 3.8) is 0 Å². The monoisotopic (exact) mass is 226 g/mol. The molecule has 2 aliphatic rings. The van der Waals surface area contributed by atoms with Crippen molar-refractivity contribution in [3.8, 4) is 0 Å². The van der Waals surface area contributed by atoms with Gasteiger partial charge in [0.25, 0.3) is 0 Å². The van der Waals surface area contributed by atoms with Gasteiger partial charge in [0.1, 0.15) is 0 Å². The minimum Gasteiger partial charge on any atom is -0.380 e. The van der Waals surface area contributed by atoms with E-state index in [1.165, 1.54) is 0 Å². The summed E-state index contributed by atoms with van der Waals surface area (Å²) in [5.41, 5.74) is 5.59. The molecule has 0 spiro atoms. The largest absolute Gasteiger partial charge is 0.380 e. The van der Waals surface area contributed by atoms with Gasteiger partial charge in [0.15, 0.2) is 0 Å². The molecule has 1 saturated heterocycles. The van der Waals surface area contributed by atoms with E-state index < -0.39 is 0 Å². The van der Waals surface area contributed by atoms with Gasteiger partial charge in [-0.15, -0.1) is 0 Å². The molecule has 0 bridgehead atoms. The lowest BCUT2D eigenvalue weighted by atomic mass is 9.84. The van der Waals surface area contributed by atoms with Crippen LogP contribution in [-0.4, -0.2) is 43.7 Å². The molecule has 4 heteroatoms. The molecule has 1 saturated carbocycles. The first-order valence-corrected chi connectivity index (χ1v) is 6.36. The van der Waals surface area contributed by atoms with E-state index in [0.717, 1.165) is 51.8 Å². The number of amides is 1. The van der Waals surface area contributed by atoms with Gasteiger partial charge in [-0.3, -0.25) is 4.79 Å². The predicted octanol–water partition coefficient (Wildman–Crippen LogP) is 0.754. The van der Waals surface area contributed by atoms with Crippen LogP contribution in [0.15, 0.2) is 0 Å². The highest BCUT2D eigenvalue weighted by Crippen LogP contribution is 2.38. The standard InChI is InChI=1S/C12H22N2O2/c13-10-12(4-1-2-5-12)11(15)14-6-3-8-16-9-7-14/h1-10,13H2. The Morgan fingerprint density at radius 3 is 2.62 bits per heavy atom. The van der Waals surface area contributed by atoms with Crippen molar-refractivity contribution in [2.24, 2.45) is 11.1 Å². The van der Waals surface area contributed by atoms with Crippen LogP contribution in [-0.2, 0) is 9.53 Å². The fourth-order valence-corrected chi connectivity index (χ4v) is 2.84. The number of nitrogens with two attached hydrogens (primary N) is 1. The number of ether oxygens (including phenoxy) is 1. The molecule has 16 heavy (non-hydrogen) atoms. The Morgan fingerprint density at radius 2 is 1.94 bits per heavy atom. The Kier molecular flexibility index (Phi) is 3.82. The van der Waals surface area contributed by atoms with Crippen molar-refractivity contribution in [2.45, 2.75) is 32.1 Å². The molecule has 0 unspecified atom stereocenters. The average molecular weight is 226 g/mol. The lowest BCUT2D eigenvalue weighted by molar-refractivity contribution is -0.141. The van der Waals surface area contributed by atoms with E-state index in [-0.39, 0.29) is 11.3 Å². The maximum Gasteiger partial charge on any atom is 0.230 e. The lowest BCUT2D eigenvalue weighted by Gasteiger charge is -2.32.